The molecule has 1 aromatic carbocycles. The summed E-state index contributed by atoms with van der Waals surface area (Å²) in [5.74, 6) is -0.585. The maximum atomic E-state index is 14.0. The van der Waals surface area contributed by atoms with Gasteiger partial charge in [0.05, 0.1) is 5.69 Å². The topological polar surface area (TPSA) is 34.9 Å². The van der Waals surface area contributed by atoms with Crippen LogP contribution in [0.5, 0.6) is 0 Å². The van der Waals surface area contributed by atoms with Gasteiger partial charge in [0.25, 0.3) is 0 Å². The predicted molar refractivity (Wildman–Crippen MR) is 67.7 cm³/mol. The Hall–Kier alpha value is -1.97. The normalized spacial score (nSPS) is 10.7. The molecule has 0 aliphatic rings. The average Bonchev–Trinajstić information content (AvgIpc) is 2.57. The molecule has 2 rings (SSSR count). The monoisotopic (exact) mass is 246 g/mol. The van der Waals surface area contributed by atoms with E-state index in [1.807, 2.05) is 20.8 Å². The highest BCUT2D eigenvalue weighted by Gasteiger charge is 2.13. The number of hydrogen-bond donors (Lipinski definition) is 0. The van der Waals surface area contributed by atoms with Crippen LogP contribution in [0.2, 0.25) is 0 Å². The first-order valence-corrected chi connectivity index (χ1v) is 5.75. The third kappa shape index (κ3) is 1.94. The minimum Gasteiger partial charge on any atom is -0.295 e. The van der Waals surface area contributed by atoms with Crippen molar-refractivity contribution in [2.75, 3.05) is 0 Å². The molecule has 18 heavy (non-hydrogen) atoms. The Balaban J connectivity index is 2.58. The summed E-state index contributed by atoms with van der Waals surface area (Å²) in [6.07, 6.45) is 0. The Labute approximate surface area is 105 Å². The molecule has 0 atom stereocenters. The average molecular weight is 246 g/mol. The van der Waals surface area contributed by atoms with E-state index in [1.54, 1.807) is 16.8 Å². The molecule has 0 spiro atoms. The molecule has 1 aromatic heterocycles. The molecule has 94 valence electrons. The highest BCUT2D eigenvalue weighted by atomic mass is 19.1. The highest BCUT2D eigenvalue weighted by molar-refractivity contribution is 5.94. The molecular weight excluding hydrogens is 231 g/mol. The van der Waals surface area contributed by atoms with E-state index in [2.05, 4.69) is 5.10 Å². The van der Waals surface area contributed by atoms with Crippen molar-refractivity contribution >= 4 is 5.78 Å². The van der Waals surface area contributed by atoms with E-state index in [4.69, 9.17) is 0 Å². The zero-order chi connectivity index (χ0) is 13.4. The second-order valence-corrected chi connectivity index (χ2v) is 4.43. The first-order chi connectivity index (χ1) is 8.41. The van der Waals surface area contributed by atoms with Crippen molar-refractivity contribution in [3.05, 3.63) is 46.5 Å². The van der Waals surface area contributed by atoms with E-state index < -0.39 is 5.82 Å². The largest absolute Gasteiger partial charge is 0.295 e. The van der Waals surface area contributed by atoms with Crippen molar-refractivity contribution < 1.29 is 9.18 Å². The van der Waals surface area contributed by atoms with E-state index in [0.717, 1.165) is 17.0 Å². The molecule has 4 heteroatoms. The van der Waals surface area contributed by atoms with Gasteiger partial charge in [-0.1, -0.05) is 0 Å². The molecular formula is C14H15FN2O. The van der Waals surface area contributed by atoms with Crippen LogP contribution in [0.1, 0.15) is 34.2 Å². The molecule has 0 radical (unpaired) electrons. The zero-order valence-electron chi connectivity index (χ0n) is 10.9. The Morgan fingerprint density at radius 3 is 2.39 bits per heavy atom. The summed E-state index contributed by atoms with van der Waals surface area (Å²) < 4.78 is 15.6. The molecule has 0 aliphatic heterocycles. The van der Waals surface area contributed by atoms with Crippen LogP contribution in [0, 0.1) is 26.6 Å². The summed E-state index contributed by atoms with van der Waals surface area (Å²) in [6.45, 7) is 7.16. The maximum absolute atomic E-state index is 14.0. The number of rotatable bonds is 2. The van der Waals surface area contributed by atoms with Crippen LogP contribution in [-0.2, 0) is 0 Å². The van der Waals surface area contributed by atoms with E-state index in [1.165, 1.54) is 13.0 Å². The molecule has 0 fully saturated rings. The number of benzene rings is 1. The third-order valence-electron chi connectivity index (χ3n) is 3.24. The van der Waals surface area contributed by atoms with Crippen molar-refractivity contribution in [1.29, 1.82) is 0 Å². The van der Waals surface area contributed by atoms with Crippen LogP contribution < -0.4 is 0 Å². The van der Waals surface area contributed by atoms with Crippen molar-refractivity contribution in [2.45, 2.75) is 27.7 Å². The van der Waals surface area contributed by atoms with Crippen molar-refractivity contribution in [2.24, 2.45) is 0 Å². The van der Waals surface area contributed by atoms with E-state index in [-0.39, 0.29) is 5.78 Å². The number of carbonyl (C=O) groups is 1. The molecule has 1 heterocycles. The molecule has 2 aromatic rings. The molecule has 0 bridgehead atoms. The number of Topliss-reactive ketones (excluding diaryl/α,β-unsaturated/α-hetero) is 1. The molecule has 0 aliphatic carbocycles. The second-order valence-electron chi connectivity index (χ2n) is 4.43. The lowest BCUT2D eigenvalue weighted by molar-refractivity contribution is 0.101. The van der Waals surface area contributed by atoms with Crippen molar-refractivity contribution in [1.82, 2.24) is 9.78 Å². The van der Waals surface area contributed by atoms with Gasteiger partial charge < -0.3 is 0 Å². The Morgan fingerprint density at radius 2 is 1.94 bits per heavy atom. The van der Waals surface area contributed by atoms with Crippen LogP contribution >= 0.6 is 0 Å². The predicted octanol–water partition coefficient (Wildman–Crippen LogP) is 3.14. The van der Waals surface area contributed by atoms with Crippen LogP contribution in [0.4, 0.5) is 4.39 Å². The van der Waals surface area contributed by atoms with Gasteiger partial charge in [-0.25, -0.2) is 9.07 Å². The first-order valence-electron chi connectivity index (χ1n) is 5.75. The van der Waals surface area contributed by atoms with Gasteiger partial charge in [0.15, 0.2) is 5.78 Å². The highest BCUT2D eigenvalue weighted by Crippen LogP contribution is 2.20. The standard InChI is InChI=1S/C14H15FN2O/c1-8-9(2)16-17(10(8)3)14-6-5-12(11(4)18)7-13(14)15/h5-7H,1-4H3. The van der Waals surface area contributed by atoms with Gasteiger partial charge in [-0.3, -0.25) is 4.79 Å². The molecule has 0 N–H and O–H groups in total. The fourth-order valence-electron chi connectivity index (χ4n) is 1.85. The number of aryl methyl sites for hydroxylation is 1. The van der Waals surface area contributed by atoms with Crippen LogP contribution in [0.15, 0.2) is 18.2 Å². The number of nitrogens with zero attached hydrogens (tertiary/aromatic N) is 2. The Kier molecular flexibility index (Phi) is 3.03. The lowest BCUT2D eigenvalue weighted by Crippen LogP contribution is -2.04. The fraction of sp³-hybridized carbons (Fsp3) is 0.286. The molecule has 0 unspecified atom stereocenters. The van der Waals surface area contributed by atoms with Crippen LogP contribution in [0.25, 0.3) is 5.69 Å². The summed E-state index contributed by atoms with van der Waals surface area (Å²) in [4.78, 5) is 11.2. The van der Waals surface area contributed by atoms with Gasteiger partial charge in [0.1, 0.15) is 11.5 Å². The number of carbonyl (C=O) groups excluding carboxylic acids is 1. The molecule has 0 saturated heterocycles. The zero-order valence-corrected chi connectivity index (χ0v) is 10.9. The summed E-state index contributed by atoms with van der Waals surface area (Å²) in [6, 6.07) is 4.46. The maximum Gasteiger partial charge on any atom is 0.159 e. The van der Waals surface area contributed by atoms with Gasteiger partial charge in [0.2, 0.25) is 0 Å². The number of ketones is 1. The summed E-state index contributed by atoms with van der Waals surface area (Å²) in [5, 5.41) is 4.31. The number of aromatic nitrogens is 2. The fourth-order valence-corrected chi connectivity index (χ4v) is 1.85. The number of halogens is 1. The molecule has 0 saturated carbocycles. The van der Waals surface area contributed by atoms with E-state index in [9.17, 15) is 9.18 Å². The van der Waals surface area contributed by atoms with Gasteiger partial charge in [0, 0.05) is 11.3 Å². The minimum absolute atomic E-state index is 0.148. The van der Waals surface area contributed by atoms with Crippen LogP contribution in [0.3, 0.4) is 0 Å². The lowest BCUT2D eigenvalue weighted by atomic mass is 10.1. The third-order valence-corrected chi connectivity index (χ3v) is 3.24. The minimum atomic E-state index is -0.437. The Bertz CT molecular complexity index is 629. The smallest absolute Gasteiger partial charge is 0.159 e. The first kappa shape index (κ1) is 12.5. The van der Waals surface area contributed by atoms with E-state index >= 15 is 0 Å². The van der Waals surface area contributed by atoms with Gasteiger partial charge in [-0.05, 0) is 51.5 Å². The van der Waals surface area contributed by atoms with E-state index in [0.29, 0.717) is 11.3 Å². The SMILES string of the molecule is CC(=O)c1ccc(-n2nc(C)c(C)c2C)c(F)c1. The van der Waals surface area contributed by atoms with Gasteiger partial charge >= 0.3 is 0 Å². The summed E-state index contributed by atoms with van der Waals surface area (Å²) in [5.41, 5.74) is 3.57. The van der Waals surface area contributed by atoms with Crippen LogP contribution in [-0.4, -0.2) is 15.6 Å². The molecule has 3 nitrogen and oxygen atoms in total. The summed E-state index contributed by atoms with van der Waals surface area (Å²) in [7, 11) is 0. The van der Waals surface area contributed by atoms with Gasteiger partial charge in [-0.15, -0.1) is 0 Å². The second kappa shape index (κ2) is 4.37. The Morgan fingerprint density at radius 1 is 1.28 bits per heavy atom. The quantitative estimate of drug-likeness (QED) is 0.763. The van der Waals surface area contributed by atoms with Crippen molar-refractivity contribution in [3.8, 4) is 5.69 Å². The molecule has 0 amide bonds. The van der Waals surface area contributed by atoms with Gasteiger partial charge in [-0.2, -0.15) is 5.10 Å². The number of hydrogen-bond acceptors (Lipinski definition) is 2. The summed E-state index contributed by atoms with van der Waals surface area (Å²) >= 11 is 0. The lowest BCUT2D eigenvalue weighted by Gasteiger charge is -2.07. The van der Waals surface area contributed by atoms with Crippen molar-refractivity contribution in [3.63, 3.8) is 0 Å².